The number of aliphatic hydroxyl groups excluding tert-OH is 1. The van der Waals surface area contributed by atoms with E-state index >= 15 is 0 Å². The van der Waals surface area contributed by atoms with Gasteiger partial charge < -0.3 is 35.3 Å². The molecule has 2 aliphatic rings. The number of rotatable bonds is 7. The number of hydrogen-bond donors (Lipinski definition) is 4. The first-order valence-electron chi connectivity index (χ1n) is 10.5. The molecule has 0 saturated heterocycles. The van der Waals surface area contributed by atoms with E-state index in [1.165, 1.54) is 0 Å². The molecule has 0 spiro atoms. The number of urea groups is 1. The number of anilines is 1. The zero-order valence-corrected chi connectivity index (χ0v) is 17.9. The van der Waals surface area contributed by atoms with Gasteiger partial charge >= 0.3 is 6.03 Å². The lowest BCUT2D eigenvalue weighted by atomic mass is 10.0. The fourth-order valence-corrected chi connectivity index (χ4v) is 3.55. The van der Waals surface area contributed by atoms with E-state index in [2.05, 4.69) is 16.0 Å². The van der Waals surface area contributed by atoms with Crippen LogP contribution in [-0.4, -0.2) is 48.7 Å². The molecule has 9 nitrogen and oxygen atoms in total. The van der Waals surface area contributed by atoms with Gasteiger partial charge in [0, 0.05) is 12.6 Å². The summed E-state index contributed by atoms with van der Waals surface area (Å²) in [5, 5.41) is 17.2. The third-order valence-corrected chi connectivity index (χ3v) is 5.25. The minimum absolute atomic E-state index is 0.00493. The third-order valence-electron chi connectivity index (χ3n) is 5.25. The number of halogens is 2. The Morgan fingerprint density at radius 3 is 2.71 bits per heavy atom. The Morgan fingerprint density at radius 2 is 1.88 bits per heavy atom. The summed E-state index contributed by atoms with van der Waals surface area (Å²) in [7, 11) is 0. The molecule has 0 unspecified atom stereocenters. The van der Waals surface area contributed by atoms with Crippen molar-refractivity contribution in [2.45, 2.75) is 31.2 Å². The van der Waals surface area contributed by atoms with Gasteiger partial charge in [0.15, 0.2) is 11.5 Å². The van der Waals surface area contributed by atoms with Gasteiger partial charge in [-0.2, -0.15) is 0 Å². The van der Waals surface area contributed by atoms with Crippen LogP contribution in [0, 0.1) is 11.6 Å². The lowest BCUT2D eigenvalue weighted by molar-refractivity contribution is -0.125. The molecule has 0 bridgehead atoms. The summed E-state index contributed by atoms with van der Waals surface area (Å²) in [6.07, 6.45) is 1.74. The lowest BCUT2D eigenvalue weighted by Crippen LogP contribution is -2.50. The summed E-state index contributed by atoms with van der Waals surface area (Å²) in [6, 6.07) is 6.52. The number of amides is 3. The van der Waals surface area contributed by atoms with Gasteiger partial charge in [0.25, 0.3) is 0 Å². The molecule has 34 heavy (non-hydrogen) atoms. The van der Waals surface area contributed by atoms with Crippen LogP contribution in [0.1, 0.15) is 12.0 Å². The fraction of sp³-hybridized carbons (Fsp3) is 0.304. The van der Waals surface area contributed by atoms with Crippen LogP contribution < -0.4 is 25.4 Å². The molecule has 0 radical (unpaired) electrons. The molecule has 11 heteroatoms. The minimum atomic E-state index is -0.834. The van der Waals surface area contributed by atoms with E-state index in [4.69, 9.17) is 14.2 Å². The second-order valence-corrected chi connectivity index (χ2v) is 7.70. The number of ether oxygens (including phenoxy) is 3. The maximum Gasteiger partial charge on any atom is 0.319 e. The predicted octanol–water partition coefficient (Wildman–Crippen LogP) is 2.21. The zero-order valence-electron chi connectivity index (χ0n) is 17.9. The highest BCUT2D eigenvalue weighted by Crippen LogP contribution is 2.32. The van der Waals surface area contributed by atoms with Crippen molar-refractivity contribution in [2.75, 3.05) is 18.7 Å². The molecule has 0 aliphatic carbocycles. The average molecular weight is 475 g/mol. The van der Waals surface area contributed by atoms with E-state index in [1.54, 1.807) is 24.3 Å². The molecule has 0 aromatic heterocycles. The molecule has 3 amide bonds. The fourth-order valence-electron chi connectivity index (χ4n) is 3.55. The van der Waals surface area contributed by atoms with Gasteiger partial charge in [-0.1, -0.05) is 18.2 Å². The van der Waals surface area contributed by atoms with Crippen molar-refractivity contribution >= 4 is 17.6 Å². The van der Waals surface area contributed by atoms with Crippen molar-refractivity contribution in [1.82, 2.24) is 10.6 Å². The van der Waals surface area contributed by atoms with Crippen LogP contribution in [0.5, 0.6) is 11.5 Å². The van der Waals surface area contributed by atoms with Crippen LogP contribution in [0.2, 0.25) is 0 Å². The molecular weight excluding hydrogens is 452 g/mol. The smallest absolute Gasteiger partial charge is 0.319 e. The highest BCUT2D eigenvalue weighted by atomic mass is 19.1. The molecule has 0 fully saturated rings. The number of hydrogen-bond acceptors (Lipinski definition) is 6. The number of carbonyl (C=O) groups is 2. The monoisotopic (exact) mass is 475 g/mol. The Labute approximate surface area is 193 Å². The molecular formula is C23H23F2N3O6. The number of nitrogens with one attached hydrogen (secondary N) is 3. The Kier molecular flexibility index (Phi) is 7.24. The number of fused-ring (bicyclic) bond motifs is 1. The Bertz CT molecular complexity index is 1100. The summed E-state index contributed by atoms with van der Waals surface area (Å²) in [4.78, 5) is 24.5. The minimum Gasteiger partial charge on any atom is -0.454 e. The van der Waals surface area contributed by atoms with Gasteiger partial charge in [-0.3, -0.25) is 4.79 Å². The second-order valence-electron chi connectivity index (χ2n) is 7.70. The van der Waals surface area contributed by atoms with Crippen molar-refractivity contribution in [3.8, 4) is 11.5 Å². The summed E-state index contributed by atoms with van der Waals surface area (Å²) < 4.78 is 43.3. The van der Waals surface area contributed by atoms with Gasteiger partial charge in [-0.05, 0) is 29.8 Å². The topological polar surface area (TPSA) is 118 Å². The third kappa shape index (κ3) is 5.80. The Balaban J connectivity index is 1.27. The van der Waals surface area contributed by atoms with Crippen molar-refractivity contribution in [3.63, 3.8) is 0 Å². The largest absolute Gasteiger partial charge is 0.454 e. The quantitative estimate of drug-likeness (QED) is 0.456. The van der Waals surface area contributed by atoms with Crippen LogP contribution in [0.3, 0.4) is 0 Å². The van der Waals surface area contributed by atoms with Crippen LogP contribution >= 0.6 is 0 Å². The summed E-state index contributed by atoms with van der Waals surface area (Å²) in [5.74, 6) is -0.486. The SMILES string of the molecule is O=C(C[C@@H]1C=C[C@@H](NC(=O)Nc2cc(F)ccc2F)[C@H](CO)O1)NCc1ccc2c(c1)OCO2. The number of aliphatic hydroxyl groups is 1. The average Bonchev–Trinajstić information content (AvgIpc) is 3.29. The summed E-state index contributed by atoms with van der Waals surface area (Å²) in [6.45, 7) is 0.0248. The van der Waals surface area contributed by atoms with E-state index in [0.29, 0.717) is 11.5 Å². The highest BCUT2D eigenvalue weighted by Gasteiger charge is 2.29. The van der Waals surface area contributed by atoms with E-state index < -0.39 is 42.5 Å². The normalized spacial score (nSPS) is 20.6. The zero-order chi connectivity index (χ0) is 24.1. The van der Waals surface area contributed by atoms with Crippen LogP contribution in [0.4, 0.5) is 19.3 Å². The van der Waals surface area contributed by atoms with Gasteiger partial charge in [-0.25, -0.2) is 13.6 Å². The van der Waals surface area contributed by atoms with E-state index in [9.17, 15) is 23.5 Å². The predicted molar refractivity (Wildman–Crippen MR) is 116 cm³/mol. The first kappa shape index (κ1) is 23.5. The summed E-state index contributed by atoms with van der Waals surface area (Å²) >= 11 is 0. The van der Waals surface area contributed by atoms with Gasteiger partial charge in [-0.15, -0.1) is 0 Å². The van der Waals surface area contributed by atoms with Crippen molar-refractivity contribution in [2.24, 2.45) is 0 Å². The first-order valence-corrected chi connectivity index (χ1v) is 10.5. The van der Waals surface area contributed by atoms with Crippen molar-refractivity contribution in [1.29, 1.82) is 0 Å². The first-order chi connectivity index (χ1) is 16.4. The molecule has 2 aromatic carbocycles. The molecule has 4 N–H and O–H groups in total. The molecule has 2 aromatic rings. The van der Waals surface area contributed by atoms with Crippen molar-refractivity contribution < 1.29 is 37.7 Å². The summed E-state index contributed by atoms with van der Waals surface area (Å²) in [5.41, 5.74) is 0.520. The maximum absolute atomic E-state index is 13.7. The molecule has 4 rings (SSSR count). The van der Waals surface area contributed by atoms with E-state index in [0.717, 1.165) is 23.8 Å². The van der Waals surface area contributed by atoms with Gasteiger partial charge in [0.05, 0.1) is 30.9 Å². The number of benzene rings is 2. The molecule has 180 valence electrons. The maximum atomic E-state index is 13.7. The lowest BCUT2D eigenvalue weighted by Gasteiger charge is -2.31. The number of carbonyl (C=O) groups excluding carboxylic acids is 2. The van der Waals surface area contributed by atoms with Gasteiger partial charge in [0.2, 0.25) is 12.7 Å². The molecule has 2 heterocycles. The molecule has 2 aliphatic heterocycles. The van der Waals surface area contributed by atoms with Crippen molar-refractivity contribution in [3.05, 3.63) is 65.7 Å². The molecule has 0 saturated carbocycles. The second kappa shape index (κ2) is 10.5. The van der Waals surface area contributed by atoms with E-state index in [-0.39, 0.29) is 31.4 Å². The van der Waals surface area contributed by atoms with Crippen LogP contribution in [0.25, 0.3) is 0 Å². The standard InChI is InChI=1S/C23H23F2N3O6/c24-14-2-4-16(25)18(8-14)28-23(31)27-17-5-3-15(34-21(17)11-29)9-22(30)26-10-13-1-6-19-20(7-13)33-12-32-19/h1-8,15,17,21,29H,9-12H2,(H,26,30)(H2,27,28,31)/t15-,17+,21-/m0/s1. The van der Waals surface area contributed by atoms with Gasteiger partial charge in [0.1, 0.15) is 17.7 Å². The Hall–Kier alpha value is -3.70. The molecule has 3 atom stereocenters. The van der Waals surface area contributed by atoms with E-state index in [1.807, 2.05) is 6.07 Å². The van der Waals surface area contributed by atoms with Crippen LogP contribution in [0.15, 0.2) is 48.6 Å². The Morgan fingerprint density at radius 1 is 1.06 bits per heavy atom. The van der Waals surface area contributed by atoms with Crippen LogP contribution in [-0.2, 0) is 16.1 Å². The highest BCUT2D eigenvalue weighted by molar-refractivity contribution is 5.89.